The predicted octanol–water partition coefficient (Wildman–Crippen LogP) is 0.927. The van der Waals surface area contributed by atoms with Crippen LogP contribution in [0.3, 0.4) is 0 Å². The van der Waals surface area contributed by atoms with Gasteiger partial charge in [0.05, 0.1) is 17.6 Å². The van der Waals surface area contributed by atoms with E-state index in [1.165, 1.54) is 0 Å². The maximum Gasteiger partial charge on any atom is 0.323 e. The fourth-order valence-corrected chi connectivity index (χ4v) is 2.75. The normalized spacial score (nSPS) is 12.5. The van der Waals surface area contributed by atoms with Gasteiger partial charge in [-0.1, -0.05) is 6.92 Å². The molecule has 6 nitrogen and oxygen atoms in total. The van der Waals surface area contributed by atoms with E-state index in [2.05, 4.69) is 9.46 Å². The van der Waals surface area contributed by atoms with Gasteiger partial charge in [-0.25, -0.2) is 12.8 Å². The van der Waals surface area contributed by atoms with E-state index in [0.29, 0.717) is 0 Å². The molecule has 1 unspecified atom stereocenters. The number of nitriles is 1. The van der Waals surface area contributed by atoms with Crippen molar-refractivity contribution in [1.82, 2.24) is 4.72 Å². The third-order valence-electron chi connectivity index (χ3n) is 2.56. The van der Waals surface area contributed by atoms with E-state index in [9.17, 15) is 17.6 Å². The number of ether oxygens (including phenoxy) is 1. The van der Waals surface area contributed by atoms with E-state index < -0.39 is 27.9 Å². The molecule has 0 spiro atoms. The number of hydrogen-bond acceptors (Lipinski definition) is 5. The van der Waals surface area contributed by atoms with Crippen LogP contribution in [0.2, 0.25) is 0 Å². The molecule has 1 aromatic rings. The van der Waals surface area contributed by atoms with Crippen LogP contribution in [0.4, 0.5) is 4.39 Å². The third-order valence-corrected chi connectivity index (χ3v) is 4.03. The van der Waals surface area contributed by atoms with E-state index in [1.807, 2.05) is 0 Å². The zero-order valence-electron chi connectivity index (χ0n) is 10.9. The van der Waals surface area contributed by atoms with Gasteiger partial charge in [-0.2, -0.15) is 9.98 Å². The smallest absolute Gasteiger partial charge is 0.323 e. The summed E-state index contributed by atoms with van der Waals surface area (Å²) in [5.41, 5.74) is -0.390. The Labute approximate surface area is 116 Å². The Balaban J connectivity index is 3.11. The van der Waals surface area contributed by atoms with Gasteiger partial charge >= 0.3 is 5.97 Å². The van der Waals surface area contributed by atoms with E-state index in [1.54, 1.807) is 13.0 Å². The van der Waals surface area contributed by atoms with E-state index in [0.717, 1.165) is 25.3 Å². The van der Waals surface area contributed by atoms with Crippen molar-refractivity contribution in [2.24, 2.45) is 0 Å². The van der Waals surface area contributed by atoms with Gasteiger partial charge in [0, 0.05) is 0 Å². The summed E-state index contributed by atoms with van der Waals surface area (Å²) < 4.78 is 43.9. The molecule has 0 aliphatic heterocycles. The Kier molecular flexibility index (Phi) is 5.19. The highest BCUT2D eigenvalue weighted by Crippen LogP contribution is 2.15. The van der Waals surface area contributed by atoms with Crippen LogP contribution in [0.1, 0.15) is 18.9 Å². The molecule has 0 saturated carbocycles. The largest absolute Gasteiger partial charge is 0.468 e. The summed E-state index contributed by atoms with van der Waals surface area (Å²) in [5, 5.41) is 8.68. The van der Waals surface area contributed by atoms with Crippen LogP contribution in [-0.2, 0) is 19.6 Å². The lowest BCUT2D eigenvalue weighted by Gasteiger charge is -2.14. The molecule has 1 N–H and O–H groups in total. The average Bonchev–Trinajstić information content (AvgIpc) is 2.44. The number of methoxy groups -OCH3 is 1. The number of rotatable bonds is 5. The van der Waals surface area contributed by atoms with E-state index in [4.69, 9.17) is 5.26 Å². The lowest BCUT2D eigenvalue weighted by Crippen LogP contribution is -2.40. The summed E-state index contributed by atoms with van der Waals surface area (Å²) in [4.78, 5) is 11.1. The minimum atomic E-state index is -4.04. The average molecular weight is 300 g/mol. The Hall–Kier alpha value is -1.98. The van der Waals surface area contributed by atoms with Crippen LogP contribution in [0.25, 0.3) is 0 Å². The maximum absolute atomic E-state index is 13.2. The van der Waals surface area contributed by atoms with Gasteiger partial charge in [0.2, 0.25) is 10.0 Å². The molecule has 0 heterocycles. The molecule has 0 radical (unpaired) electrons. The molecule has 0 aromatic heterocycles. The Morgan fingerprint density at radius 1 is 1.55 bits per heavy atom. The Morgan fingerprint density at radius 3 is 2.70 bits per heavy atom. The molecule has 0 aliphatic carbocycles. The number of sulfonamides is 1. The quantitative estimate of drug-likeness (QED) is 0.816. The summed E-state index contributed by atoms with van der Waals surface area (Å²) in [5.74, 6) is -1.54. The molecule has 8 heteroatoms. The molecular weight excluding hydrogens is 287 g/mol. The predicted molar refractivity (Wildman–Crippen MR) is 67.5 cm³/mol. The lowest BCUT2D eigenvalue weighted by molar-refractivity contribution is -0.142. The zero-order chi connectivity index (χ0) is 15.3. The number of nitrogens with one attached hydrogen (secondary N) is 1. The molecule has 20 heavy (non-hydrogen) atoms. The van der Waals surface area contributed by atoms with Gasteiger partial charge in [-0.3, -0.25) is 4.79 Å². The first-order chi connectivity index (χ1) is 9.35. The highest BCUT2D eigenvalue weighted by atomic mass is 32.2. The molecule has 0 saturated heterocycles. The number of carbonyl (C=O) groups excluding carboxylic acids is 1. The van der Waals surface area contributed by atoms with Gasteiger partial charge in [0.25, 0.3) is 0 Å². The van der Waals surface area contributed by atoms with E-state index in [-0.39, 0.29) is 16.9 Å². The molecule has 1 atom stereocenters. The fourth-order valence-electron chi connectivity index (χ4n) is 1.45. The first-order valence-electron chi connectivity index (χ1n) is 5.65. The van der Waals surface area contributed by atoms with Gasteiger partial charge in [0.1, 0.15) is 17.9 Å². The number of carbonyl (C=O) groups is 1. The standard InChI is InChI=1S/C12H13FN2O4S/c1-3-11(12(16)19-2)15-20(17,18)9-4-5-10(13)8(6-9)7-14/h4-6,11,15H,3H2,1-2H3. The van der Waals surface area contributed by atoms with Crippen LogP contribution < -0.4 is 4.72 Å². The van der Waals surface area contributed by atoms with Gasteiger partial charge in [-0.05, 0) is 24.6 Å². The molecule has 0 aliphatic rings. The topological polar surface area (TPSA) is 96.3 Å². The van der Waals surface area contributed by atoms with Crippen molar-refractivity contribution in [3.05, 3.63) is 29.6 Å². The monoisotopic (exact) mass is 300 g/mol. The Morgan fingerprint density at radius 2 is 2.20 bits per heavy atom. The van der Waals surface area contributed by atoms with Gasteiger partial charge < -0.3 is 4.74 Å². The van der Waals surface area contributed by atoms with Crippen molar-refractivity contribution in [3.63, 3.8) is 0 Å². The molecule has 1 rings (SSSR count). The van der Waals surface area contributed by atoms with Crippen molar-refractivity contribution < 1.29 is 22.3 Å². The lowest BCUT2D eigenvalue weighted by atomic mass is 10.2. The number of nitrogens with zero attached hydrogens (tertiary/aromatic N) is 1. The minimum absolute atomic E-state index is 0.193. The van der Waals surface area contributed by atoms with E-state index >= 15 is 0 Å². The van der Waals surface area contributed by atoms with Crippen LogP contribution in [0.15, 0.2) is 23.1 Å². The fraction of sp³-hybridized carbons (Fsp3) is 0.333. The summed E-state index contributed by atoms with van der Waals surface area (Å²) in [6, 6.07) is 3.31. The van der Waals surface area contributed by atoms with Crippen LogP contribution in [-0.4, -0.2) is 27.5 Å². The second kappa shape index (κ2) is 6.45. The number of halogens is 1. The van der Waals surface area contributed by atoms with Crippen molar-refractivity contribution in [2.75, 3.05) is 7.11 Å². The molecule has 0 amide bonds. The summed E-state index contributed by atoms with van der Waals surface area (Å²) in [6.45, 7) is 1.61. The summed E-state index contributed by atoms with van der Waals surface area (Å²) >= 11 is 0. The van der Waals surface area contributed by atoms with Crippen molar-refractivity contribution in [3.8, 4) is 6.07 Å². The first kappa shape index (κ1) is 16.1. The van der Waals surface area contributed by atoms with Gasteiger partial charge in [-0.15, -0.1) is 0 Å². The molecule has 0 bridgehead atoms. The zero-order valence-corrected chi connectivity index (χ0v) is 11.7. The third kappa shape index (κ3) is 3.53. The van der Waals surface area contributed by atoms with Gasteiger partial charge in [0.15, 0.2) is 0 Å². The molecule has 0 fully saturated rings. The Bertz CT molecular complexity index is 652. The molecular formula is C12H13FN2O4S. The highest BCUT2D eigenvalue weighted by Gasteiger charge is 2.25. The first-order valence-corrected chi connectivity index (χ1v) is 7.13. The van der Waals surface area contributed by atoms with Crippen molar-refractivity contribution in [2.45, 2.75) is 24.3 Å². The number of hydrogen-bond donors (Lipinski definition) is 1. The summed E-state index contributed by atoms with van der Waals surface area (Å²) in [6.07, 6.45) is 0.193. The van der Waals surface area contributed by atoms with Crippen LogP contribution >= 0.6 is 0 Å². The minimum Gasteiger partial charge on any atom is -0.468 e. The second-order valence-electron chi connectivity index (χ2n) is 3.86. The summed E-state index contributed by atoms with van der Waals surface area (Å²) in [7, 11) is -2.90. The van der Waals surface area contributed by atoms with Crippen LogP contribution in [0.5, 0.6) is 0 Å². The number of benzene rings is 1. The highest BCUT2D eigenvalue weighted by molar-refractivity contribution is 7.89. The maximum atomic E-state index is 13.2. The SMILES string of the molecule is CCC(NS(=O)(=O)c1ccc(F)c(C#N)c1)C(=O)OC. The number of esters is 1. The van der Waals surface area contributed by atoms with Crippen molar-refractivity contribution >= 4 is 16.0 Å². The second-order valence-corrected chi connectivity index (χ2v) is 5.57. The van der Waals surface area contributed by atoms with Crippen LogP contribution in [0, 0.1) is 17.1 Å². The molecule has 108 valence electrons. The molecule has 1 aromatic carbocycles. The van der Waals surface area contributed by atoms with Crippen molar-refractivity contribution in [1.29, 1.82) is 5.26 Å².